The zero-order chi connectivity index (χ0) is 16.8. The molecular weight excluding hydrogens is 342 g/mol. The molecule has 0 saturated carbocycles. The molecule has 3 rings (SSSR count). The van der Waals surface area contributed by atoms with Gasteiger partial charge in [0.2, 0.25) is 5.91 Å². The highest BCUT2D eigenvalue weighted by molar-refractivity contribution is 8.01. The molecule has 3 heterocycles. The summed E-state index contributed by atoms with van der Waals surface area (Å²) in [6.45, 7) is 6.36. The minimum absolute atomic E-state index is 0.191. The summed E-state index contributed by atoms with van der Waals surface area (Å²) in [4.78, 5) is 21.0. The third-order valence-corrected chi connectivity index (χ3v) is 5.85. The third kappa shape index (κ3) is 4.99. The van der Waals surface area contributed by atoms with E-state index in [1.165, 1.54) is 28.7 Å². The molecule has 1 fully saturated rings. The molecule has 1 amide bonds. The van der Waals surface area contributed by atoms with E-state index >= 15 is 0 Å². The maximum Gasteiger partial charge on any atom is 0.233 e. The number of hydrogen-bond donors (Lipinski definition) is 0. The van der Waals surface area contributed by atoms with Crippen LogP contribution in [-0.2, 0) is 11.3 Å². The number of carbonyl (C=O) groups is 1. The minimum Gasteiger partial charge on any atom is -0.341 e. The van der Waals surface area contributed by atoms with E-state index in [-0.39, 0.29) is 5.91 Å². The smallest absolute Gasteiger partial charge is 0.233 e. The standard InChI is InChI=1S/C16H21N5OS2/c1-13-18-19-16(24-13)23-12-15(22)21-7-3-6-20(8-9-21)11-14-4-2-5-17-10-14/h2,4-5,10H,3,6-9,11-12H2,1H3. The zero-order valence-electron chi connectivity index (χ0n) is 13.7. The molecule has 6 nitrogen and oxygen atoms in total. The van der Waals surface area contributed by atoms with Crippen molar-refractivity contribution >= 4 is 29.0 Å². The summed E-state index contributed by atoms with van der Waals surface area (Å²) in [6, 6.07) is 4.07. The van der Waals surface area contributed by atoms with Crippen molar-refractivity contribution < 1.29 is 4.79 Å². The highest BCUT2D eigenvalue weighted by Gasteiger charge is 2.19. The summed E-state index contributed by atoms with van der Waals surface area (Å²) in [7, 11) is 0. The summed E-state index contributed by atoms with van der Waals surface area (Å²) >= 11 is 3.02. The average molecular weight is 364 g/mol. The van der Waals surface area contributed by atoms with Crippen LogP contribution in [0, 0.1) is 6.92 Å². The van der Waals surface area contributed by atoms with Crippen LogP contribution in [-0.4, -0.2) is 62.8 Å². The highest BCUT2D eigenvalue weighted by atomic mass is 32.2. The third-order valence-electron chi connectivity index (χ3n) is 3.90. The number of thioether (sulfide) groups is 1. The van der Waals surface area contributed by atoms with E-state index in [0.29, 0.717) is 5.75 Å². The maximum absolute atomic E-state index is 12.4. The molecule has 128 valence electrons. The summed E-state index contributed by atoms with van der Waals surface area (Å²) in [6.07, 6.45) is 4.71. The summed E-state index contributed by atoms with van der Waals surface area (Å²) in [5, 5.41) is 8.98. The van der Waals surface area contributed by atoms with Crippen molar-refractivity contribution in [2.45, 2.75) is 24.2 Å². The first-order valence-corrected chi connectivity index (χ1v) is 9.83. The molecule has 24 heavy (non-hydrogen) atoms. The van der Waals surface area contributed by atoms with E-state index in [2.05, 4.69) is 26.1 Å². The van der Waals surface area contributed by atoms with Crippen LogP contribution in [0.2, 0.25) is 0 Å². The van der Waals surface area contributed by atoms with Gasteiger partial charge in [0.05, 0.1) is 5.75 Å². The Morgan fingerprint density at radius 3 is 2.96 bits per heavy atom. The van der Waals surface area contributed by atoms with Gasteiger partial charge in [-0.2, -0.15) is 0 Å². The van der Waals surface area contributed by atoms with Crippen molar-refractivity contribution in [3.05, 3.63) is 35.1 Å². The average Bonchev–Trinajstić information content (AvgIpc) is 2.87. The number of hydrogen-bond acceptors (Lipinski definition) is 7. The van der Waals surface area contributed by atoms with Crippen molar-refractivity contribution in [2.24, 2.45) is 0 Å². The van der Waals surface area contributed by atoms with Gasteiger partial charge in [-0.1, -0.05) is 29.2 Å². The molecule has 0 radical (unpaired) electrons. The Labute approximate surface area is 150 Å². The first-order chi connectivity index (χ1) is 11.7. The lowest BCUT2D eigenvalue weighted by atomic mass is 10.2. The van der Waals surface area contributed by atoms with Gasteiger partial charge in [-0.25, -0.2) is 0 Å². The van der Waals surface area contributed by atoms with Gasteiger partial charge in [0.25, 0.3) is 0 Å². The number of nitrogens with zero attached hydrogens (tertiary/aromatic N) is 5. The Bertz CT molecular complexity index is 663. The molecule has 1 aliphatic heterocycles. The lowest BCUT2D eigenvalue weighted by Crippen LogP contribution is -2.36. The summed E-state index contributed by atoms with van der Waals surface area (Å²) in [5.41, 5.74) is 1.22. The highest BCUT2D eigenvalue weighted by Crippen LogP contribution is 2.22. The number of amides is 1. The minimum atomic E-state index is 0.191. The Morgan fingerprint density at radius 2 is 2.21 bits per heavy atom. The predicted molar refractivity (Wildman–Crippen MR) is 96.1 cm³/mol. The lowest BCUT2D eigenvalue weighted by Gasteiger charge is -2.21. The molecule has 0 atom stereocenters. The first-order valence-electron chi connectivity index (χ1n) is 8.02. The van der Waals surface area contributed by atoms with Crippen LogP contribution >= 0.6 is 23.1 Å². The maximum atomic E-state index is 12.4. The second kappa shape index (κ2) is 8.55. The molecule has 1 aliphatic rings. The van der Waals surface area contributed by atoms with E-state index in [4.69, 9.17) is 0 Å². The van der Waals surface area contributed by atoms with Gasteiger partial charge in [-0.3, -0.25) is 14.7 Å². The molecule has 2 aromatic heterocycles. The summed E-state index contributed by atoms with van der Waals surface area (Å²) in [5.74, 6) is 0.633. The van der Waals surface area contributed by atoms with Crippen molar-refractivity contribution in [2.75, 3.05) is 31.9 Å². The molecule has 0 bridgehead atoms. The van der Waals surface area contributed by atoms with Gasteiger partial charge >= 0.3 is 0 Å². The Hall–Kier alpha value is -1.51. The SMILES string of the molecule is Cc1nnc(SCC(=O)N2CCCN(Cc3cccnc3)CC2)s1. The normalized spacial score (nSPS) is 16.1. The quantitative estimate of drug-likeness (QED) is 0.758. The largest absolute Gasteiger partial charge is 0.341 e. The van der Waals surface area contributed by atoms with Gasteiger partial charge in [-0.05, 0) is 25.0 Å². The molecule has 0 N–H and O–H groups in total. The van der Waals surface area contributed by atoms with E-state index in [0.717, 1.165) is 48.5 Å². The fourth-order valence-corrected chi connectivity index (χ4v) is 4.40. The van der Waals surface area contributed by atoms with Crippen molar-refractivity contribution in [1.82, 2.24) is 25.0 Å². The van der Waals surface area contributed by atoms with Crippen LogP contribution in [0.5, 0.6) is 0 Å². The lowest BCUT2D eigenvalue weighted by molar-refractivity contribution is -0.128. The molecule has 2 aromatic rings. The zero-order valence-corrected chi connectivity index (χ0v) is 15.4. The van der Waals surface area contributed by atoms with Gasteiger partial charge in [0.1, 0.15) is 5.01 Å². The number of carbonyl (C=O) groups excluding carboxylic acids is 1. The second-order valence-corrected chi connectivity index (χ2v) is 8.15. The van der Waals surface area contributed by atoms with E-state index in [1.807, 2.05) is 24.1 Å². The van der Waals surface area contributed by atoms with Crippen molar-refractivity contribution in [1.29, 1.82) is 0 Å². The van der Waals surface area contributed by atoms with Crippen molar-refractivity contribution in [3.63, 3.8) is 0 Å². The topological polar surface area (TPSA) is 62.2 Å². The van der Waals surface area contributed by atoms with Crippen LogP contribution in [0.15, 0.2) is 28.9 Å². The second-order valence-electron chi connectivity index (χ2n) is 5.75. The predicted octanol–water partition coefficient (Wildman–Crippen LogP) is 2.07. The van der Waals surface area contributed by atoms with Crippen LogP contribution in [0.25, 0.3) is 0 Å². The molecule has 0 aromatic carbocycles. The van der Waals surface area contributed by atoms with E-state index < -0.39 is 0 Å². The van der Waals surface area contributed by atoms with Crippen molar-refractivity contribution in [3.8, 4) is 0 Å². The molecule has 1 saturated heterocycles. The van der Waals surface area contributed by atoms with Gasteiger partial charge in [0.15, 0.2) is 4.34 Å². The summed E-state index contributed by atoms with van der Waals surface area (Å²) < 4.78 is 0.869. The van der Waals surface area contributed by atoms with E-state index in [9.17, 15) is 4.79 Å². The Morgan fingerprint density at radius 1 is 1.29 bits per heavy atom. The number of pyridine rings is 1. The number of aryl methyl sites for hydroxylation is 1. The number of rotatable bonds is 5. The fourth-order valence-electron chi connectivity index (χ4n) is 2.68. The Kier molecular flexibility index (Phi) is 6.17. The van der Waals surface area contributed by atoms with Crippen LogP contribution < -0.4 is 0 Å². The van der Waals surface area contributed by atoms with Crippen LogP contribution in [0.4, 0.5) is 0 Å². The molecule has 0 aliphatic carbocycles. The number of aromatic nitrogens is 3. The molecular formula is C16H21N5OS2. The van der Waals surface area contributed by atoms with Crippen LogP contribution in [0.1, 0.15) is 17.0 Å². The van der Waals surface area contributed by atoms with Crippen LogP contribution in [0.3, 0.4) is 0 Å². The van der Waals surface area contributed by atoms with Gasteiger partial charge in [-0.15, -0.1) is 10.2 Å². The van der Waals surface area contributed by atoms with Gasteiger partial charge in [0, 0.05) is 45.1 Å². The first kappa shape index (κ1) is 17.3. The molecule has 0 unspecified atom stereocenters. The fraction of sp³-hybridized carbons (Fsp3) is 0.500. The molecule has 0 spiro atoms. The van der Waals surface area contributed by atoms with Gasteiger partial charge < -0.3 is 4.90 Å². The van der Waals surface area contributed by atoms with E-state index in [1.54, 1.807) is 6.20 Å². The monoisotopic (exact) mass is 363 g/mol. The molecule has 8 heteroatoms. The Balaban J connectivity index is 1.46.